The number of nitrogens with two attached hydrogens (primary N) is 2. The van der Waals surface area contributed by atoms with Crippen molar-refractivity contribution in [3.63, 3.8) is 0 Å². The summed E-state index contributed by atoms with van der Waals surface area (Å²) in [5.74, 6) is -1.31. The van der Waals surface area contributed by atoms with E-state index in [0.29, 0.717) is 0 Å². The molecule has 0 saturated carbocycles. The number of phenols is 1. The van der Waals surface area contributed by atoms with Crippen LogP contribution in [-0.2, 0) is 4.79 Å². The molecule has 6 heteroatoms. The first-order chi connectivity index (χ1) is 7.41. The predicted octanol–water partition coefficient (Wildman–Crippen LogP) is -0.422. The van der Waals surface area contributed by atoms with Gasteiger partial charge in [-0.3, -0.25) is 9.59 Å². The Kier molecular flexibility index (Phi) is 3.34. The van der Waals surface area contributed by atoms with Gasteiger partial charge < -0.3 is 21.9 Å². The molecule has 0 aliphatic rings. The standard InChI is InChI=1S/C10H13N3O3/c1-5(9(12)15)13-10(16)6-2-3-7(11)8(14)4-6/h2-5,14H,11H2,1H3,(H2,12,15)(H,13,16). The fraction of sp³-hybridized carbons (Fsp3) is 0.200. The van der Waals surface area contributed by atoms with Crippen LogP contribution in [0.1, 0.15) is 17.3 Å². The molecule has 1 aromatic rings. The largest absolute Gasteiger partial charge is 0.506 e. The van der Waals surface area contributed by atoms with E-state index < -0.39 is 17.9 Å². The van der Waals surface area contributed by atoms with Gasteiger partial charge in [-0.25, -0.2) is 0 Å². The molecule has 1 rings (SSSR count). The Morgan fingerprint density at radius 3 is 2.56 bits per heavy atom. The number of carbonyl (C=O) groups is 2. The second kappa shape index (κ2) is 4.52. The molecule has 16 heavy (non-hydrogen) atoms. The average molecular weight is 223 g/mol. The molecule has 6 N–H and O–H groups in total. The van der Waals surface area contributed by atoms with Crippen LogP contribution in [0.25, 0.3) is 0 Å². The summed E-state index contributed by atoms with van der Waals surface area (Å²) in [5.41, 5.74) is 10.8. The van der Waals surface area contributed by atoms with Gasteiger partial charge in [0.25, 0.3) is 5.91 Å². The molecule has 1 unspecified atom stereocenters. The lowest BCUT2D eigenvalue weighted by Gasteiger charge is -2.10. The molecule has 1 aromatic carbocycles. The summed E-state index contributed by atoms with van der Waals surface area (Å²) in [6, 6.07) is 3.29. The molecule has 0 saturated heterocycles. The second-order valence-electron chi connectivity index (χ2n) is 3.37. The van der Waals surface area contributed by atoms with Crippen LogP contribution in [-0.4, -0.2) is 23.0 Å². The number of hydrogen-bond donors (Lipinski definition) is 4. The highest BCUT2D eigenvalue weighted by atomic mass is 16.3. The molecule has 6 nitrogen and oxygen atoms in total. The van der Waals surface area contributed by atoms with Gasteiger partial charge in [0.2, 0.25) is 5.91 Å². The van der Waals surface area contributed by atoms with Gasteiger partial charge in [-0.15, -0.1) is 0 Å². The molecule has 0 radical (unpaired) electrons. The van der Waals surface area contributed by atoms with Crippen molar-refractivity contribution in [3.05, 3.63) is 23.8 Å². The van der Waals surface area contributed by atoms with Crippen molar-refractivity contribution in [1.29, 1.82) is 0 Å². The first-order valence-corrected chi connectivity index (χ1v) is 4.60. The van der Waals surface area contributed by atoms with Gasteiger partial charge in [-0.05, 0) is 25.1 Å². The molecule has 0 spiro atoms. The molecule has 0 aliphatic heterocycles. The molecule has 86 valence electrons. The molecular weight excluding hydrogens is 210 g/mol. The summed E-state index contributed by atoms with van der Waals surface area (Å²) in [7, 11) is 0. The molecule has 0 aliphatic carbocycles. The van der Waals surface area contributed by atoms with E-state index in [-0.39, 0.29) is 17.0 Å². The highest BCUT2D eigenvalue weighted by molar-refractivity contribution is 5.97. The van der Waals surface area contributed by atoms with Crippen LogP contribution in [0.2, 0.25) is 0 Å². The van der Waals surface area contributed by atoms with Gasteiger partial charge >= 0.3 is 0 Å². The number of carbonyl (C=O) groups excluding carboxylic acids is 2. The summed E-state index contributed by atoms with van der Waals surface area (Å²) >= 11 is 0. The Labute approximate surface area is 92.2 Å². The lowest BCUT2D eigenvalue weighted by molar-refractivity contribution is -0.119. The van der Waals surface area contributed by atoms with Crippen molar-refractivity contribution in [3.8, 4) is 5.75 Å². The molecule has 0 aromatic heterocycles. The van der Waals surface area contributed by atoms with Crippen LogP contribution in [0.15, 0.2) is 18.2 Å². The Hall–Kier alpha value is -2.24. The first-order valence-electron chi connectivity index (χ1n) is 4.60. The first kappa shape index (κ1) is 11.8. The number of anilines is 1. The minimum Gasteiger partial charge on any atom is -0.506 e. The average Bonchev–Trinajstić information content (AvgIpc) is 2.21. The summed E-state index contributed by atoms with van der Waals surface area (Å²) in [6.45, 7) is 1.47. The third kappa shape index (κ3) is 2.63. The van der Waals surface area contributed by atoms with Gasteiger partial charge in [-0.2, -0.15) is 0 Å². The van der Waals surface area contributed by atoms with Crippen LogP contribution in [0.4, 0.5) is 5.69 Å². The minimum absolute atomic E-state index is 0.180. The van der Waals surface area contributed by atoms with Gasteiger partial charge in [0.15, 0.2) is 0 Å². The number of hydrogen-bond acceptors (Lipinski definition) is 4. The van der Waals surface area contributed by atoms with Gasteiger partial charge in [-0.1, -0.05) is 0 Å². The van der Waals surface area contributed by atoms with Crippen molar-refractivity contribution in [2.24, 2.45) is 5.73 Å². The topological polar surface area (TPSA) is 118 Å². The number of nitrogens with one attached hydrogen (secondary N) is 1. The van der Waals surface area contributed by atoms with Crippen molar-refractivity contribution < 1.29 is 14.7 Å². The van der Waals surface area contributed by atoms with Crippen LogP contribution in [0, 0.1) is 0 Å². The number of amides is 2. The molecule has 1 atom stereocenters. The van der Waals surface area contributed by atoms with Gasteiger partial charge in [0, 0.05) is 5.56 Å². The van der Waals surface area contributed by atoms with E-state index in [1.807, 2.05) is 0 Å². The SMILES string of the molecule is CC(NC(=O)c1ccc(N)c(O)c1)C(N)=O. The zero-order valence-electron chi connectivity index (χ0n) is 8.73. The lowest BCUT2D eigenvalue weighted by atomic mass is 10.1. The van der Waals surface area contributed by atoms with Gasteiger partial charge in [0.05, 0.1) is 5.69 Å². The smallest absolute Gasteiger partial charge is 0.252 e. The third-order valence-electron chi connectivity index (χ3n) is 2.07. The fourth-order valence-corrected chi connectivity index (χ4v) is 1.04. The highest BCUT2D eigenvalue weighted by Gasteiger charge is 2.14. The predicted molar refractivity (Wildman–Crippen MR) is 58.6 cm³/mol. The Morgan fingerprint density at radius 1 is 1.44 bits per heavy atom. The zero-order valence-corrected chi connectivity index (χ0v) is 8.73. The molecular formula is C10H13N3O3. The maximum absolute atomic E-state index is 11.6. The minimum atomic E-state index is -0.771. The van der Waals surface area contributed by atoms with E-state index >= 15 is 0 Å². The van der Waals surface area contributed by atoms with E-state index in [2.05, 4.69) is 5.32 Å². The number of primary amides is 1. The third-order valence-corrected chi connectivity index (χ3v) is 2.07. The number of nitrogen functional groups attached to an aromatic ring is 1. The van der Waals surface area contributed by atoms with Crippen LogP contribution in [0.3, 0.4) is 0 Å². The van der Waals surface area contributed by atoms with E-state index in [0.717, 1.165) is 0 Å². The summed E-state index contributed by atoms with van der Waals surface area (Å²) in [4.78, 5) is 22.3. The Balaban J connectivity index is 2.81. The number of benzene rings is 1. The molecule has 0 bridgehead atoms. The van der Waals surface area contributed by atoms with Gasteiger partial charge in [0.1, 0.15) is 11.8 Å². The van der Waals surface area contributed by atoms with Crippen LogP contribution >= 0.6 is 0 Å². The number of rotatable bonds is 3. The fourth-order valence-electron chi connectivity index (χ4n) is 1.04. The molecule has 0 fully saturated rings. The van der Waals surface area contributed by atoms with Crippen molar-refractivity contribution >= 4 is 17.5 Å². The quantitative estimate of drug-likeness (QED) is 0.411. The van der Waals surface area contributed by atoms with E-state index in [1.54, 1.807) is 0 Å². The van der Waals surface area contributed by atoms with Crippen molar-refractivity contribution in [1.82, 2.24) is 5.32 Å². The Morgan fingerprint density at radius 2 is 2.06 bits per heavy atom. The highest BCUT2D eigenvalue weighted by Crippen LogP contribution is 2.20. The normalized spacial score (nSPS) is 11.8. The van der Waals surface area contributed by atoms with E-state index in [1.165, 1.54) is 25.1 Å². The van der Waals surface area contributed by atoms with Crippen LogP contribution in [0.5, 0.6) is 5.75 Å². The second-order valence-corrected chi connectivity index (χ2v) is 3.37. The summed E-state index contributed by atoms with van der Waals surface area (Å²) in [5, 5.41) is 11.7. The number of aromatic hydroxyl groups is 1. The van der Waals surface area contributed by atoms with E-state index in [9.17, 15) is 14.7 Å². The molecule has 0 heterocycles. The maximum atomic E-state index is 11.6. The molecule has 2 amide bonds. The summed E-state index contributed by atoms with van der Waals surface area (Å²) < 4.78 is 0. The Bertz CT molecular complexity index is 431. The maximum Gasteiger partial charge on any atom is 0.252 e. The monoisotopic (exact) mass is 223 g/mol. The lowest BCUT2D eigenvalue weighted by Crippen LogP contribution is -2.42. The van der Waals surface area contributed by atoms with Crippen molar-refractivity contribution in [2.45, 2.75) is 13.0 Å². The zero-order chi connectivity index (χ0) is 12.3. The van der Waals surface area contributed by atoms with E-state index in [4.69, 9.17) is 11.5 Å². The summed E-state index contributed by atoms with van der Waals surface area (Å²) in [6.07, 6.45) is 0. The van der Waals surface area contributed by atoms with Crippen LogP contribution < -0.4 is 16.8 Å². The number of phenolic OH excluding ortho intramolecular Hbond substituents is 1. The van der Waals surface area contributed by atoms with Crippen molar-refractivity contribution in [2.75, 3.05) is 5.73 Å².